The van der Waals surface area contributed by atoms with Crippen molar-refractivity contribution in [3.63, 3.8) is 0 Å². The molecule has 1 rings (SSSR count). The molecule has 0 aliphatic rings. The molecular formula is C14H21N3O. The van der Waals surface area contributed by atoms with Gasteiger partial charge in [-0.25, -0.2) is 9.97 Å². The van der Waals surface area contributed by atoms with Crippen molar-refractivity contribution >= 4 is 5.91 Å². The van der Waals surface area contributed by atoms with Gasteiger partial charge in [0.15, 0.2) is 0 Å². The van der Waals surface area contributed by atoms with Crippen molar-refractivity contribution < 1.29 is 4.79 Å². The van der Waals surface area contributed by atoms with Crippen molar-refractivity contribution in [2.24, 2.45) is 0 Å². The van der Waals surface area contributed by atoms with E-state index in [1.807, 2.05) is 40.7 Å². The van der Waals surface area contributed by atoms with Crippen LogP contribution in [0.2, 0.25) is 0 Å². The van der Waals surface area contributed by atoms with Gasteiger partial charge >= 0.3 is 0 Å². The third-order valence-electron chi connectivity index (χ3n) is 2.83. The highest BCUT2D eigenvalue weighted by atomic mass is 16.1. The Morgan fingerprint density at radius 1 is 1.22 bits per heavy atom. The summed E-state index contributed by atoms with van der Waals surface area (Å²) >= 11 is 0. The van der Waals surface area contributed by atoms with Crippen LogP contribution in [0.15, 0.2) is 11.6 Å². The van der Waals surface area contributed by atoms with E-state index >= 15 is 0 Å². The molecule has 0 fully saturated rings. The molecule has 1 amide bonds. The fourth-order valence-corrected chi connectivity index (χ4v) is 1.87. The van der Waals surface area contributed by atoms with Gasteiger partial charge in [0.25, 0.3) is 0 Å². The minimum absolute atomic E-state index is 0.0313. The number of amides is 1. The molecule has 0 saturated heterocycles. The van der Waals surface area contributed by atoms with Crippen LogP contribution in [0.3, 0.4) is 0 Å². The van der Waals surface area contributed by atoms with Crippen molar-refractivity contribution in [2.45, 2.75) is 47.6 Å². The predicted molar refractivity (Wildman–Crippen MR) is 72.1 cm³/mol. The molecule has 0 unspecified atom stereocenters. The Bertz CT molecular complexity index is 455. The predicted octanol–water partition coefficient (Wildman–Crippen LogP) is 2.37. The highest BCUT2D eigenvalue weighted by Gasteiger charge is 2.09. The molecule has 1 heterocycles. The number of allylic oxidation sites excluding steroid dienone is 1. The topological polar surface area (TPSA) is 54.9 Å². The van der Waals surface area contributed by atoms with E-state index in [2.05, 4.69) is 15.3 Å². The second kappa shape index (κ2) is 6.28. The van der Waals surface area contributed by atoms with E-state index in [0.717, 1.165) is 34.8 Å². The zero-order valence-corrected chi connectivity index (χ0v) is 11.8. The van der Waals surface area contributed by atoms with Crippen LogP contribution in [-0.2, 0) is 11.3 Å². The molecule has 0 aliphatic carbocycles. The number of carbonyl (C=O) groups excluding carboxylic acids is 1. The molecule has 1 N–H and O–H groups in total. The number of aromatic nitrogens is 2. The molecule has 1 aromatic rings. The molecule has 98 valence electrons. The minimum Gasteiger partial charge on any atom is -0.348 e. The Morgan fingerprint density at radius 3 is 2.28 bits per heavy atom. The Hall–Kier alpha value is -1.71. The summed E-state index contributed by atoms with van der Waals surface area (Å²) in [5.74, 6) is 0.735. The van der Waals surface area contributed by atoms with Gasteiger partial charge in [0, 0.05) is 29.1 Å². The van der Waals surface area contributed by atoms with Crippen LogP contribution in [0, 0.1) is 20.8 Å². The summed E-state index contributed by atoms with van der Waals surface area (Å²) in [6.07, 6.45) is 2.78. The number of nitrogens with zero attached hydrogens (tertiary/aromatic N) is 2. The summed E-state index contributed by atoms with van der Waals surface area (Å²) in [6, 6.07) is 0. The average Bonchev–Trinajstić information content (AvgIpc) is 2.27. The monoisotopic (exact) mass is 247 g/mol. The highest BCUT2D eigenvalue weighted by Crippen LogP contribution is 2.09. The third kappa shape index (κ3) is 3.65. The van der Waals surface area contributed by atoms with Crippen LogP contribution in [0.5, 0.6) is 0 Å². The normalized spacial score (nSPS) is 11.5. The third-order valence-corrected chi connectivity index (χ3v) is 2.83. The van der Waals surface area contributed by atoms with Gasteiger partial charge in [0.1, 0.15) is 5.82 Å². The van der Waals surface area contributed by atoms with Crippen molar-refractivity contribution in [3.05, 3.63) is 34.4 Å². The van der Waals surface area contributed by atoms with Crippen LogP contribution in [0.1, 0.15) is 43.0 Å². The van der Waals surface area contributed by atoms with Gasteiger partial charge in [-0.2, -0.15) is 0 Å². The van der Waals surface area contributed by atoms with Gasteiger partial charge in [-0.15, -0.1) is 0 Å². The summed E-state index contributed by atoms with van der Waals surface area (Å²) in [4.78, 5) is 20.4. The van der Waals surface area contributed by atoms with Crippen LogP contribution in [0.25, 0.3) is 0 Å². The summed E-state index contributed by atoms with van der Waals surface area (Å²) in [6.45, 7) is 10.1. The van der Waals surface area contributed by atoms with Crippen molar-refractivity contribution in [3.8, 4) is 0 Å². The molecule has 0 saturated carbocycles. The Kier molecular flexibility index (Phi) is 5.01. The number of hydrogen-bond donors (Lipinski definition) is 1. The molecule has 0 bridgehead atoms. The summed E-state index contributed by atoms with van der Waals surface area (Å²) in [5.41, 5.74) is 3.61. The largest absolute Gasteiger partial charge is 0.348 e. The van der Waals surface area contributed by atoms with Crippen LogP contribution in [-0.4, -0.2) is 15.9 Å². The zero-order valence-electron chi connectivity index (χ0n) is 11.8. The number of rotatable bonds is 4. The van der Waals surface area contributed by atoms with Gasteiger partial charge < -0.3 is 5.32 Å². The summed E-state index contributed by atoms with van der Waals surface area (Å²) in [7, 11) is 0. The van der Waals surface area contributed by atoms with E-state index in [9.17, 15) is 4.79 Å². The molecule has 18 heavy (non-hydrogen) atoms. The van der Waals surface area contributed by atoms with Gasteiger partial charge in [0.05, 0.1) is 0 Å². The molecule has 4 heteroatoms. The second-order valence-electron chi connectivity index (χ2n) is 4.40. The Labute approximate surface area is 109 Å². The van der Waals surface area contributed by atoms with Crippen LogP contribution >= 0.6 is 0 Å². The van der Waals surface area contributed by atoms with Crippen molar-refractivity contribution in [1.29, 1.82) is 0 Å². The maximum absolute atomic E-state index is 11.8. The molecular weight excluding hydrogens is 226 g/mol. The fraction of sp³-hybridized carbons (Fsp3) is 0.500. The van der Waals surface area contributed by atoms with Crippen molar-refractivity contribution in [1.82, 2.24) is 15.3 Å². The van der Waals surface area contributed by atoms with E-state index in [-0.39, 0.29) is 5.91 Å². The first-order valence-electron chi connectivity index (χ1n) is 6.21. The molecule has 0 spiro atoms. The van der Waals surface area contributed by atoms with Gasteiger partial charge in [0.2, 0.25) is 5.91 Å². The van der Waals surface area contributed by atoms with Crippen LogP contribution in [0.4, 0.5) is 0 Å². The number of nitrogens with one attached hydrogen (secondary N) is 1. The standard InChI is InChI=1S/C14H21N3O/c1-6-7-9(2)14(18)15-8-13-10(3)16-12(5)17-11(13)4/h7H,6,8H2,1-5H3,(H,15,18). The lowest BCUT2D eigenvalue weighted by atomic mass is 10.1. The maximum atomic E-state index is 11.8. The van der Waals surface area contributed by atoms with E-state index in [4.69, 9.17) is 0 Å². The lowest BCUT2D eigenvalue weighted by molar-refractivity contribution is -0.117. The SMILES string of the molecule is CCC=C(C)C(=O)NCc1c(C)nc(C)nc1C. The van der Waals surface area contributed by atoms with Crippen molar-refractivity contribution in [2.75, 3.05) is 0 Å². The van der Waals surface area contributed by atoms with E-state index in [1.165, 1.54) is 0 Å². The number of hydrogen-bond acceptors (Lipinski definition) is 3. The molecule has 4 nitrogen and oxygen atoms in total. The zero-order chi connectivity index (χ0) is 13.7. The van der Waals surface area contributed by atoms with Crippen LogP contribution < -0.4 is 5.32 Å². The number of carbonyl (C=O) groups is 1. The Morgan fingerprint density at radius 2 is 1.78 bits per heavy atom. The molecule has 1 aromatic heterocycles. The van der Waals surface area contributed by atoms with Gasteiger partial charge in [-0.3, -0.25) is 4.79 Å². The van der Waals surface area contributed by atoms with E-state index in [1.54, 1.807) is 0 Å². The summed E-state index contributed by atoms with van der Waals surface area (Å²) < 4.78 is 0. The average molecular weight is 247 g/mol. The van der Waals surface area contributed by atoms with Gasteiger partial charge in [-0.05, 0) is 34.1 Å². The maximum Gasteiger partial charge on any atom is 0.246 e. The lowest BCUT2D eigenvalue weighted by Gasteiger charge is -2.11. The quantitative estimate of drug-likeness (QED) is 0.831. The molecule has 0 radical (unpaired) electrons. The minimum atomic E-state index is -0.0313. The number of aryl methyl sites for hydroxylation is 3. The first-order chi connectivity index (χ1) is 8.45. The summed E-state index contributed by atoms with van der Waals surface area (Å²) in [5, 5.41) is 2.90. The fourth-order valence-electron chi connectivity index (χ4n) is 1.87. The highest BCUT2D eigenvalue weighted by molar-refractivity contribution is 5.92. The van der Waals surface area contributed by atoms with Gasteiger partial charge in [-0.1, -0.05) is 13.0 Å². The molecule has 0 aliphatic heterocycles. The molecule has 0 aromatic carbocycles. The van der Waals surface area contributed by atoms with E-state index in [0.29, 0.717) is 6.54 Å². The first-order valence-corrected chi connectivity index (χ1v) is 6.21. The first kappa shape index (κ1) is 14.4. The second-order valence-corrected chi connectivity index (χ2v) is 4.40. The van der Waals surface area contributed by atoms with E-state index < -0.39 is 0 Å². The lowest BCUT2D eigenvalue weighted by Crippen LogP contribution is -2.25. The Balaban J connectivity index is 2.76. The smallest absolute Gasteiger partial charge is 0.246 e. The molecule has 0 atom stereocenters.